The lowest BCUT2D eigenvalue weighted by Crippen LogP contribution is -2.22. The third-order valence-electron chi connectivity index (χ3n) is 6.10. The van der Waals surface area contributed by atoms with Gasteiger partial charge in [-0.3, -0.25) is 19.7 Å². The average Bonchev–Trinajstić information content (AvgIpc) is 3.47. The first-order valence-corrected chi connectivity index (χ1v) is 11.2. The predicted octanol–water partition coefficient (Wildman–Crippen LogP) is 3.26. The molecule has 2 aromatic heterocycles. The fraction of sp³-hybridized carbons (Fsp3) is 0.192. The number of amides is 3. The molecule has 0 aliphatic carbocycles. The van der Waals surface area contributed by atoms with Gasteiger partial charge in [-0.05, 0) is 38.2 Å². The summed E-state index contributed by atoms with van der Waals surface area (Å²) in [6.45, 7) is 3.00. The predicted molar refractivity (Wildman–Crippen MR) is 133 cm³/mol. The number of carbonyl (C=O) groups excluding carboxylic acids is 3. The van der Waals surface area contributed by atoms with Crippen molar-refractivity contribution in [3.63, 3.8) is 0 Å². The van der Waals surface area contributed by atoms with Crippen LogP contribution >= 0.6 is 0 Å². The van der Waals surface area contributed by atoms with Crippen molar-refractivity contribution in [1.29, 1.82) is 0 Å². The van der Waals surface area contributed by atoms with Crippen LogP contribution in [0.1, 0.15) is 24.5 Å². The maximum atomic E-state index is 13.2. The number of rotatable bonds is 7. The van der Waals surface area contributed by atoms with E-state index in [9.17, 15) is 14.4 Å². The van der Waals surface area contributed by atoms with Crippen molar-refractivity contribution in [2.45, 2.75) is 19.9 Å². The topological polar surface area (TPSA) is 108 Å². The molecule has 3 heterocycles. The maximum absolute atomic E-state index is 13.2. The monoisotopic (exact) mass is 455 g/mol. The number of benzene rings is 2. The molecular weight excluding hydrogens is 430 g/mol. The van der Waals surface area contributed by atoms with Crippen molar-refractivity contribution in [3.05, 3.63) is 66.0 Å². The number of nitrogens with zero attached hydrogens (tertiary/aromatic N) is 1. The van der Waals surface area contributed by atoms with Crippen molar-refractivity contribution in [2.24, 2.45) is 0 Å². The average molecular weight is 456 g/mol. The van der Waals surface area contributed by atoms with E-state index in [2.05, 4.69) is 25.5 Å². The second-order valence-corrected chi connectivity index (χ2v) is 8.36. The molecule has 1 aliphatic heterocycles. The highest BCUT2D eigenvalue weighted by Crippen LogP contribution is 2.40. The van der Waals surface area contributed by atoms with E-state index in [1.807, 2.05) is 55.7 Å². The Morgan fingerprint density at radius 1 is 1.00 bits per heavy atom. The summed E-state index contributed by atoms with van der Waals surface area (Å²) in [6.07, 6.45) is 4.55. The van der Waals surface area contributed by atoms with E-state index in [1.54, 1.807) is 6.20 Å². The Bertz CT molecular complexity index is 1490. The zero-order valence-corrected chi connectivity index (χ0v) is 19.0. The largest absolute Gasteiger partial charge is 0.361 e. The number of fused-ring (bicyclic) bond motifs is 2. The van der Waals surface area contributed by atoms with Crippen LogP contribution in [0.5, 0.6) is 0 Å². The summed E-state index contributed by atoms with van der Waals surface area (Å²) in [6, 6.07) is 13.3. The van der Waals surface area contributed by atoms with Gasteiger partial charge in [-0.15, -0.1) is 0 Å². The fourth-order valence-corrected chi connectivity index (χ4v) is 4.69. The van der Waals surface area contributed by atoms with Crippen LogP contribution in [0.3, 0.4) is 0 Å². The molecule has 0 atom stereocenters. The van der Waals surface area contributed by atoms with Crippen LogP contribution in [0, 0.1) is 0 Å². The number of H-pyrrole nitrogens is 1. The van der Waals surface area contributed by atoms with Gasteiger partial charge >= 0.3 is 0 Å². The zero-order valence-electron chi connectivity index (χ0n) is 19.0. The molecule has 0 radical (unpaired) electrons. The molecule has 0 saturated heterocycles. The lowest BCUT2D eigenvalue weighted by atomic mass is 9.95. The molecule has 3 amide bonds. The second kappa shape index (κ2) is 8.64. The second-order valence-electron chi connectivity index (χ2n) is 8.36. The van der Waals surface area contributed by atoms with E-state index in [4.69, 9.17) is 0 Å². The van der Waals surface area contributed by atoms with Crippen LogP contribution in [-0.4, -0.2) is 40.9 Å². The fourth-order valence-electron chi connectivity index (χ4n) is 4.69. The Morgan fingerprint density at radius 3 is 2.53 bits per heavy atom. The standard InChI is InChI=1S/C26H25N5O3/c1-15(32)29-20-9-5-10-21-22(20)18(14-31(21)12-6-11-27-2)24-23(25(33)30-26(24)34)17-13-28-19-8-4-3-7-16(17)19/h3-5,7-10,13-14,27-28H,6,11-12H2,1-2H3,(H,29,32)(H,30,33,34). The number of aromatic nitrogens is 2. The van der Waals surface area contributed by atoms with Gasteiger partial charge in [-0.25, -0.2) is 0 Å². The minimum Gasteiger partial charge on any atom is -0.361 e. The van der Waals surface area contributed by atoms with Crippen molar-refractivity contribution < 1.29 is 14.4 Å². The normalized spacial score (nSPS) is 13.8. The first kappa shape index (κ1) is 21.7. The maximum Gasteiger partial charge on any atom is 0.259 e. The Labute approximate surface area is 196 Å². The minimum absolute atomic E-state index is 0.209. The Morgan fingerprint density at radius 2 is 1.76 bits per heavy atom. The van der Waals surface area contributed by atoms with Gasteiger partial charge in [0.1, 0.15) is 0 Å². The summed E-state index contributed by atoms with van der Waals surface area (Å²) < 4.78 is 2.07. The summed E-state index contributed by atoms with van der Waals surface area (Å²) >= 11 is 0. The summed E-state index contributed by atoms with van der Waals surface area (Å²) in [5, 5.41) is 10.1. The quantitative estimate of drug-likeness (QED) is 0.253. The molecule has 34 heavy (non-hydrogen) atoms. The van der Waals surface area contributed by atoms with Crippen LogP contribution in [-0.2, 0) is 20.9 Å². The SMILES string of the molecule is CNCCCn1cc(C2=C(c3c[nH]c4ccccc34)C(=O)NC2=O)c2c(NC(C)=O)cccc21. The van der Waals surface area contributed by atoms with Crippen LogP contribution in [0.4, 0.5) is 5.69 Å². The van der Waals surface area contributed by atoms with E-state index < -0.39 is 11.8 Å². The van der Waals surface area contributed by atoms with Gasteiger partial charge in [0.2, 0.25) is 5.91 Å². The van der Waals surface area contributed by atoms with E-state index in [1.165, 1.54) is 6.92 Å². The van der Waals surface area contributed by atoms with Crippen LogP contribution in [0.15, 0.2) is 54.9 Å². The van der Waals surface area contributed by atoms with Crippen molar-refractivity contribution >= 4 is 56.4 Å². The number of imide groups is 1. The Balaban J connectivity index is 1.79. The lowest BCUT2D eigenvalue weighted by molar-refractivity contribution is -0.122. The minimum atomic E-state index is -0.447. The summed E-state index contributed by atoms with van der Waals surface area (Å²) in [5.41, 5.74) is 4.29. The van der Waals surface area contributed by atoms with Gasteiger partial charge in [0.05, 0.1) is 22.4 Å². The molecule has 4 N–H and O–H groups in total. The van der Waals surface area contributed by atoms with Gasteiger partial charge < -0.3 is 20.2 Å². The summed E-state index contributed by atoms with van der Waals surface area (Å²) in [7, 11) is 1.90. The smallest absolute Gasteiger partial charge is 0.259 e. The molecule has 8 heteroatoms. The number of anilines is 1. The molecular formula is C26H25N5O3. The third kappa shape index (κ3) is 3.58. The molecule has 8 nitrogen and oxygen atoms in total. The number of para-hydroxylation sites is 1. The van der Waals surface area contributed by atoms with E-state index in [0.29, 0.717) is 34.5 Å². The van der Waals surface area contributed by atoms with Crippen molar-refractivity contribution in [3.8, 4) is 0 Å². The third-order valence-corrected chi connectivity index (χ3v) is 6.10. The highest BCUT2D eigenvalue weighted by molar-refractivity contribution is 6.51. The van der Waals surface area contributed by atoms with Crippen molar-refractivity contribution in [2.75, 3.05) is 18.9 Å². The summed E-state index contributed by atoms with van der Waals surface area (Å²) in [4.78, 5) is 41.3. The molecule has 172 valence electrons. The molecule has 1 aliphatic rings. The number of hydrogen-bond acceptors (Lipinski definition) is 4. The van der Waals surface area contributed by atoms with E-state index in [0.717, 1.165) is 34.8 Å². The Kier molecular flexibility index (Phi) is 5.51. The zero-order chi connectivity index (χ0) is 23.8. The number of aromatic amines is 1. The summed E-state index contributed by atoms with van der Waals surface area (Å²) in [5.74, 6) is -1.09. The molecule has 0 spiro atoms. The first-order chi connectivity index (χ1) is 16.5. The number of aryl methyl sites for hydroxylation is 1. The van der Waals surface area contributed by atoms with Gasteiger partial charge in [-0.2, -0.15) is 0 Å². The molecule has 0 saturated carbocycles. The molecule has 4 aromatic rings. The van der Waals surface area contributed by atoms with Gasteiger partial charge in [0.25, 0.3) is 11.8 Å². The van der Waals surface area contributed by atoms with Gasteiger partial charge in [0.15, 0.2) is 0 Å². The Hall–Kier alpha value is -4.17. The van der Waals surface area contributed by atoms with Crippen LogP contribution < -0.4 is 16.0 Å². The number of nitrogens with one attached hydrogen (secondary N) is 4. The van der Waals surface area contributed by atoms with Crippen LogP contribution in [0.2, 0.25) is 0 Å². The van der Waals surface area contributed by atoms with E-state index >= 15 is 0 Å². The molecule has 0 bridgehead atoms. The first-order valence-electron chi connectivity index (χ1n) is 11.2. The molecule has 0 unspecified atom stereocenters. The molecule has 2 aromatic carbocycles. The van der Waals surface area contributed by atoms with Crippen LogP contribution in [0.25, 0.3) is 33.0 Å². The van der Waals surface area contributed by atoms with Gasteiger partial charge in [-0.1, -0.05) is 24.3 Å². The van der Waals surface area contributed by atoms with E-state index in [-0.39, 0.29) is 5.91 Å². The highest BCUT2D eigenvalue weighted by atomic mass is 16.2. The highest BCUT2D eigenvalue weighted by Gasteiger charge is 2.35. The molecule has 0 fully saturated rings. The van der Waals surface area contributed by atoms with Gasteiger partial charge in [0, 0.05) is 53.3 Å². The van der Waals surface area contributed by atoms with Crippen molar-refractivity contribution in [1.82, 2.24) is 20.2 Å². The molecule has 5 rings (SSSR count). The number of hydrogen-bond donors (Lipinski definition) is 4. The lowest BCUT2D eigenvalue weighted by Gasteiger charge is -2.08. The number of carbonyl (C=O) groups is 3.